The summed E-state index contributed by atoms with van der Waals surface area (Å²) in [6.45, 7) is 1.48. The van der Waals surface area contributed by atoms with Gasteiger partial charge in [-0.1, -0.05) is 0 Å². The lowest BCUT2D eigenvalue weighted by molar-refractivity contribution is 0.101. The van der Waals surface area contributed by atoms with E-state index in [1.807, 2.05) is 6.07 Å². The van der Waals surface area contributed by atoms with Crippen LogP contribution in [-0.4, -0.2) is 15.6 Å². The fourth-order valence-electron chi connectivity index (χ4n) is 1.34. The number of nitrogens with zero attached hydrogens (tertiary/aromatic N) is 3. The molecular weight excluding hydrogens is 202 g/mol. The third-order valence-corrected chi connectivity index (χ3v) is 2.21. The second-order valence-electron chi connectivity index (χ2n) is 3.36. The molecule has 2 aromatic rings. The zero-order valence-corrected chi connectivity index (χ0v) is 8.71. The molecule has 0 spiro atoms. The fourth-order valence-corrected chi connectivity index (χ4v) is 1.34. The highest BCUT2D eigenvalue weighted by atomic mass is 16.1. The van der Waals surface area contributed by atoms with Gasteiger partial charge < -0.3 is 0 Å². The van der Waals surface area contributed by atoms with Gasteiger partial charge in [0.2, 0.25) is 0 Å². The van der Waals surface area contributed by atoms with E-state index < -0.39 is 0 Å². The predicted molar refractivity (Wildman–Crippen MR) is 58.3 cm³/mol. The van der Waals surface area contributed by atoms with Crippen molar-refractivity contribution in [1.29, 1.82) is 5.26 Å². The molecule has 4 nitrogen and oxygen atoms in total. The quantitative estimate of drug-likeness (QED) is 0.713. The second kappa shape index (κ2) is 3.99. The molecule has 0 unspecified atom stereocenters. The van der Waals surface area contributed by atoms with Gasteiger partial charge in [0.25, 0.3) is 0 Å². The van der Waals surface area contributed by atoms with Gasteiger partial charge in [0, 0.05) is 13.1 Å². The number of hydrogen-bond acceptors (Lipinski definition) is 3. The van der Waals surface area contributed by atoms with Crippen LogP contribution in [0, 0.1) is 11.3 Å². The molecule has 16 heavy (non-hydrogen) atoms. The second-order valence-corrected chi connectivity index (χ2v) is 3.36. The summed E-state index contributed by atoms with van der Waals surface area (Å²) in [4.78, 5) is 11.1. The molecule has 0 amide bonds. The van der Waals surface area contributed by atoms with Gasteiger partial charge in [-0.2, -0.15) is 10.4 Å². The Kier molecular flexibility index (Phi) is 2.52. The van der Waals surface area contributed by atoms with Crippen LogP contribution in [0.3, 0.4) is 0 Å². The summed E-state index contributed by atoms with van der Waals surface area (Å²) in [5, 5.41) is 12.8. The molecule has 1 aromatic carbocycles. The molecule has 0 bridgehead atoms. The van der Waals surface area contributed by atoms with E-state index in [-0.39, 0.29) is 5.78 Å². The normalized spacial score (nSPS) is 9.75. The molecule has 1 aromatic heterocycles. The topological polar surface area (TPSA) is 58.7 Å². The average Bonchev–Trinajstić information content (AvgIpc) is 2.78. The average molecular weight is 211 g/mol. The lowest BCUT2D eigenvalue weighted by Gasteiger charge is -2.00. The lowest BCUT2D eigenvalue weighted by atomic mass is 10.2. The van der Waals surface area contributed by atoms with Crippen LogP contribution in [0.5, 0.6) is 0 Å². The molecule has 1 heterocycles. The number of carbonyl (C=O) groups excluding carboxylic acids is 1. The molecular formula is C12H9N3O. The van der Waals surface area contributed by atoms with E-state index in [4.69, 9.17) is 5.26 Å². The first kappa shape index (κ1) is 10.1. The van der Waals surface area contributed by atoms with Crippen molar-refractivity contribution in [3.8, 4) is 11.8 Å². The molecule has 4 heteroatoms. The molecule has 2 rings (SSSR count). The third-order valence-electron chi connectivity index (χ3n) is 2.21. The molecule has 78 valence electrons. The minimum atomic E-state index is -0.0626. The standard InChI is InChI=1S/C12H9N3O/c1-9(16)12-6-7-15(14-12)11-4-2-10(8-13)3-5-11/h2-7H,1H3. The number of Topliss-reactive ketones (excluding diaryl/α,β-unsaturated/α-hetero) is 1. The Hall–Kier alpha value is -2.41. The van der Waals surface area contributed by atoms with E-state index in [9.17, 15) is 4.79 Å². The summed E-state index contributed by atoms with van der Waals surface area (Å²) >= 11 is 0. The summed E-state index contributed by atoms with van der Waals surface area (Å²) in [5.41, 5.74) is 1.86. The van der Waals surface area contributed by atoms with Gasteiger partial charge in [-0.25, -0.2) is 4.68 Å². The zero-order chi connectivity index (χ0) is 11.5. The maximum atomic E-state index is 11.1. The molecule has 0 N–H and O–H groups in total. The summed E-state index contributed by atoms with van der Waals surface area (Å²) in [5.74, 6) is -0.0626. The smallest absolute Gasteiger partial charge is 0.179 e. The maximum Gasteiger partial charge on any atom is 0.179 e. The van der Waals surface area contributed by atoms with E-state index in [1.54, 1.807) is 41.2 Å². The van der Waals surface area contributed by atoms with Gasteiger partial charge in [-0.3, -0.25) is 4.79 Å². The van der Waals surface area contributed by atoms with Crippen molar-refractivity contribution in [2.75, 3.05) is 0 Å². The Bertz CT molecular complexity index is 561. The number of nitriles is 1. The first-order valence-electron chi connectivity index (χ1n) is 4.78. The first-order chi connectivity index (χ1) is 7.70. The van der Waals surface area contributed by atoms with E-state index in [2.05, 4.69) is 5.10 Å². The van der Waals surface area contributed by atoms with Crippen LogP contribution in [0.2, 0.25) is 0 Å². The predicted octanol–water partition coefficient (Wildman–Crippen LogP) is 1.95. The molecule has 0 aliphatic heterocycles. The molecule has 0 radical (unpaired) electrons. The highest BCUT2D eigenvalue weighted by molar-refractivity contribution is 5.91. The van der Waals surface area contributed by atoms with Crippen LogP contribution in [-0.2, 0) is 0 Å². The van der Waals surface area contributed by atoms with Crippen molar-refractivity contribution in [1.82, 2.24) is 9.78 Å². The van der Waals surface area contributed by atoms with Gasteiger partial charge in [0.15, 0.2) is 5.78 Å². The minimum absolute atomic E-state index is 0.0626. The monoisotopic (exact) mass is 211 g/mol. The molecule has 0 saturated carbocycles. The Labute approximate surface area is 92.7 Å². The van der Waals surface area contributed by atoms with Crippen LogP contribution in [0.25, 0.3) is 5.69 Å². The molecule has 0 aliphatic rings. The minimum Gasteiger partial charge on any atom is -0.293 e. The van der Waals surface area contributed by atoms with Crippen molar-refractivity contribution < 1.29 is 4.79 Å². The van der Waals surface area contributed by atoms with Crippen LogP contribution in [0.15, 0.2) is 36.5 Å². The number of ketones is 1. The van der Waals surface area contributed by atoms with Gasteiger partial charge in [0.05, 0.1) is 17.3 Å². The zero-order valence-electron chi connectivity index (χ0n) is 8.71. The van der Waals surface area contributed by atoms with Crippen LogP contribution < -0.4 is 0 Å². The van der Waals surface area contributed by atoms with E-state index in [1.165, 1.54) is 6.92 Å². The first-order valence-corrected chi connectivity index (χ1v) is 4.78. The van der Waals surface area contributed by atoms with Crippen molar-refractivity contribution >= 4 is 5.78 Å². The van der Waals surface area contributed by atoms with Crippen molar-refractivity contribution in [3.63, 3.8) is 0 Å². The summed E-state index contributed by atoms with van der Waals surface area (Å²) in [6.07, 6.45) is 1.72. The van der Waals surface area contributed by atoms with E-state index >= 15 is 0 Å². The summed E-state index contributed by atoms with van der Waals surface area (Å²) in [6, 6.07) is 10.7. The number of carbonyl (C=O) groups is 1. The summed E-state index contributed by atoms with van der Waals surface area (Å²) < 4.78 is 1.61. The lowest BCUT2D eigenvalue weighted by Crippen LogP contribution is -1.98. The number of aromatic nitrogens is 2. The SMILES string of the molecule is CC(=O)c1ccn(-c2ccc(C#N)cc2)n1. The number of benzene rings is 1. The molecule has 0 fully saturated rings. The van der Waals surface area contributed by atoms with E-state index in [0.29, 0.717) is 11.3 Å². The highest BCUT2D eigenvalue weighted by Gasteiger charge is 2.04. The summed E-state index contributed by atoms with van der Waals surface area (Å²) in [7, 11) is 0. The van der Waals surface area contributed by atoms with Gasteiger partial charge >= 0.3 is 0 Å². The van der Waals surface area contributed by atoms with Crippen LogP contribution >= 0.6 is 0 Å². The largest absolute Gasteiger partial charge is 0.293 e. The van der Waals surface area contributed by atoms with Crippen LogP contribution in [0.4, 0.5) is 0 Å². The van der Waals surface area contributed by atoms with Crippen molar-refractivity contribution in [3.05, 3.63) is 47.8 Å². The van der Waals surface area contributed by atoms with Crippen molar-refractivity contribution in [2.45, 2.75) is 6.92 Å². The highest BCUT2D eigenvalue weighted by Crippen LogP contribution is 2.09. The van der Waals surface area contributed by atoms with Crippen LogP contribution in [0.1, 0.15) is 23.0 Å². The van der Waals surface area contributed by atoms with E-state index in [0.717, 1.165) is 5.69 Å². The third kappa shape index (κ3) is 1.84. The Balaban J connectivity index is 2.36. The Morgan fingerprint density at radius 1 is 1.31 bits per heavy atom. The van der Waals surface area contributed by atoms with Gasteiger partial charge in [-0.15, -0.1) is 0 Å². The Morgan fingerprint density at radius 3 is 2.50 bits per heavy atom. The molecule has 0 aliphatic carbocycles. The van der Waals surface area contributed by atoms with Crippen molar-refractivity contribution in [2.24, 2.45) is 0 Å². The maximum absolute atomic E-state index is 11.1. The van der Waals surface area contributed by atoms with Gasteiger partial charge in [0.1, 0.15) is 5.69 Å². The molecule has 0 atom stereocenters. The van der Waals surface area contributed by atoms with Gasteiger partial charge in [-0.05, 0) is 30.3 Å². The number of rotatable bonds is 2. The fraction of sp³-hybridized carbons (Fsp3) is 0.0833. The molecule has 0 saturated heterocycles. The number of hydrogen-bond donors (Lipinski definition) is 0. The Morgan fingerprint density at radius 2 is 2.00 bits per heavy atom.